The minimum atomic E-state index is 0.158. The van der Waals surface area contributed by atoms with Gasteiger partial charge < -0.3 is 9.47 Å². The molecule has 4 heteroatoms. The van der Waals surface area contributed by atoms with Gasteiger partial charge in [0.05, 0.1) is 14.2 Å². The van der Waals surface area contributed by atoms with Crippen LogP contribution in [0.2, 0.25) is 0 Å². The maximum atomic E-state index is 12.5. The number of rotatable bonds is 5. The zero-order valence-electron chi connectivity index (χ0n) is 14.0. The molecule has 0 N–H and O–H groups in total. The van der Waals surface area contributed by atoms with Crippen LogP contribution >= 0.6 is 0 Å². The van der Waals surface area contributed by atoms with Gasteiger partial charge in [0.2, 0.25) is 0 Å². The second-order valence-electron chi connectivity index (χ2n) is 6.40. The highest BCUT2D eigenvalue weighted by Crippen LogP contribution is 2.42. The molecule has 0 amide bonds. The Bertz CT molecular complexity index is 611. The fourth-order valence-corrected chi connectivity index (χ4v) is 3.85. The van der Waals surface area contributed by atoms with Gasteiger partial charge in [-0.2, -0.15) is 0 Å². The third-order valence-electron chi connectivity index (χ3n) is 5.14. The number of ketones is 1. The molecule has 0 saturated carbocycles. The smallest absolute Gasteiger partial charge is 0.161 e. The lowest BCUT2D eigenvalue weighted by atomic mass is 9.81. The minimum absolute atomic E-state index is 0.158. The Kier molecular flexibility index (Phi) is 4.71. The number of allylic oxidation sites excluding steroid dienone is 1. The fraction of sp³-hybridized carbons (Fsp3) is 0.526. The first-order valence-electron chi connectivity index (χ1n) is 8.30. The molecule has 23 heavy (non-hydrogen) atoms. The van der Waals surface area contributed by atoms with Crippen LogP contribution in [0.3, 0.4) is 0 Å². The van der Waals surface area contributed by atoms with Gasteiger partial charge >= 0.3 is 0 Å². The van der Waals surface area contributed by atoms with Crippen LogP contribution in [-0.4, -0.2) is 38.0 Å². The molecule has 4 nitrogen and oxygen atoms in total. The number of Topliss-reactive ketones (excluding diaryl/α,β-unsaturated/α-hetero) is 1. The SMILES string of the molecule is C=CCC[C@@H]1CN2CCc3cc(OC)c(OC)cc3[C@@H]2CC1=O. The number of carbonyl (C=O) groups is 1. The summed E-state index contributed by atoms with van der Waals surface area (Å²) in [6.07, 6.45) is 5.34. The van der Waals surface area contributed by atoms with Crippen LogP contribution in [0.1, 0.15) is 36.4 Å². The normalized spacial score (nSPS) is 23.8. The lowest BCUT2D eigenvalue weighted by Gasteiger charge is -2.43. The summed E-state index contributed by atoms with van der Waals surface area (Å²) in [6.45, 7) is 5.64. The van der Waals surface area contributed by atoms with Gasteiger partial charge in [-0.1, -0.05) is 6.08 Å². The van der Waals surface area contributed by atoms with Crippen molar-refractivity contribution in [2.24, 2.45) is 5.92 Å². The molecule has 0 spiro atoms. The Morgan fingerprint density at radius 1 is 1.30 bits per heavy atom. The van der Waals surface area contributed by atoms with Crippen LogP contribution in [0.25, 0.3) is 0 Å². The van der Waals surface area contributed by atoms with E-state index in [1.54, 1.807) is 14.2 Å². The highest BCUT2D eigenvalue weighted by atomic mass is 16.5. The van der Waals surface area contributed by atoms with Crippen molar-refractivity contribution in [3.63, 3.8) is 0 Å². The number of nitrogens with zero attached hydrogens (tertiary/aromatic N) is 1. The van der Waals surface area contributed by atoms with E-state index in [0.717, 1.165) is 43.9 Å². The summed E-state index contributed by atoms with van der Waals surface area (Å²) in [4.78, 5) is 15.0. The van der Waals surface area contributed by atoms with E-state index in [9.17, 15) is 4.79 Å². The van der Waals surface area contributed by atoms with Crippen molar-refractivity contribution in [3.8, 4) is 11.5 Å². The van der Waals surface area contributed by atoms with Gasteiger partial charge in [-0.05, 0) is 42.5 Å². The van der Waals surface area contributed by atoms with Gasteiger partial charge in [-0.25, -0.2) is 0 Å². The summed E-state index contributed by atoms with van der Waals surface area (Å²) in [5, 5.41) is 0. The van der Waals surface area contributed by atoms with E-state index in [1.165, 1.54) is 11.1 Å². The highest BCUT2D eigenvalue weighted by molar-refractivity contribution is 5.83. The van der Waals surface area contributed by atoms with E-state index in [1.807, 2.05) is 6.08 Å². The number of hydrogen-bond donors (Lipinski definition) is 0. The molecule has 2 heterocycles. The van der Waals surface area contributed by atoms with Crippen LogP contribution < -0.4 is 9.47 Å². The monoisotopic (exact) mass is 315 g/mol. The molecular formula is C19H25NO3. The van der Waals surface area contributed by atoms with Gasteiger partial charge in [0.1, 0.15) is 5.78 Å². The van der Waals surface area contributed by atoms with Gasteiger partial charge in [0.25, 0.3) is 0 Å². The van der Waals surface area contributed by atoms with Crippen LogP contribution in [0.5, 0.6) is 11.5 Å². The molecule has 0 unspecified atom stereocenters. The standard InChI is InChI=1S/C19H25NO3/c1-4-5-6-14-12-20-8-7-13-9-18(22-2)19(23-3)10-15(13)16(20)11-17(14)21/h4,9-10,14,16H,1,5-8,11-12H2,2-3H3/t14-,16+/m1/s1. The average molecular weight is 315 g/mol. The van der Waals surface area contributed by atoms with E-state index in [4.69, 9.17) is 9.47 Å². The van der Waals surface area contributed by atoms with Crippen molar-refractivity contribution in [3.05, 3.63) is 35.9 Å². The fourth-order valence-electron chi connectivity index (χ4n) is 3.85. The van der Waals surface area contributed by atoms with Crippen molar-refractivity contribution in [1.82, 2.24) is 4.90 Å². The van der Waals surface area contributed by atoms with E-state index < -0.39 is 0 Å². The van der Waals surface area contributed by atoms with Crippen LogP contribution in [-0.2, 0) is 11.2 Å². The Morgan fingerprint density at radius 3 is 2.74 bits per heavy atom. The summed E-state index contributed by atoms with van der Waals surface area (Å²) in [7, 11) is 3.32. The Labute approximate surface area is 138 Å². The average Bonchev–Trinajstić information content (AvgIpc) is 2.58. The molecule has 0 aromatic heterocycles. The maximum Gasteiger partial charge on any atom is 0.161 e. The molecule has 2 aliphatic heterocycles. The first-order chi connectivity index (χ1) is 11.2. The second kappa shape index (κ2) is 6.75. The largest absolute Gasteiger partial charge is 0.493 e. The Balaban J connectivity index is 1.87. The lowest BCUT2D eigenvalue weighted by Crippen LogP contribution is -2.46. The van der Waals surface area contributed by atoms with Gasteiger partial charge in [-0.15, -0.1) is 6.58 Å². The number of ether oxygens (including phenoxy) is 2. The molecule has 2 aliphatic rings. The van der Waals surface area contributed by atoms with E-state index in [2.05, 4.69) is 23.6 Å². The van der Waals surface area contributed by atoms with Crippen molar-refractivity contribution in [1.29, 1.82) is 0 Å². The zero-order valence-corrected chi connectivity index (χ0v) is 14.0. The maximum absolute atomic E-state index is 12.5. The first kappa shape index (κ1) is 16.1. The quantitative estimate of drug-likeness (QED) is 0.783. The van der Waals surface area contributed by atoms with Crippen LogP contribution in [0.4, 0.5) is 0 Å². The second-order valence-corrected chi connectivity index (χ2v) is 6.40. The van der Waals surface area contributed by atoms with Crippen LogP contribution in [0, 0.1) is 5.92 Å². The number of hydrogen-bond acceptors (Lipinski definition) is 4. The molecule has 3 rings (SSSR count). The Hall–Kier alpha value is -1.81. The van der Waals surface area contributed by atoms with Crippen molar-refractivity contribution >= 4 is 5.78 Å². The van der Waals surface area contributed by atoms with E-state index >= 15 is 0 Å². The molecule has 1 aromatic carbocycles. The summed E-state index contributed by atoms with van der Waals surface area (Å²) >= 11 is 0. The number of methoxy groups -OCH3 is 2. The summed E-state index contributed by atoms with van der Waals surface area (Å²) in [5.74, 6) is 2.06. The molecule has 1 fully saturated rings. The minimum Gasteiger partial charge on any atom is -0.493 e. The topological polar surface area (TPSA) is 38.8 Å². The molecule has 1 aromatic rings. The highest BCUT2D eigenvalue weighted by Gasteiger charge is 2.38. The molecule has 0 bridgehead atoms. The van der Waals surface area contributed by atoms with Crippen molar-refractivity contribution in [2.45, 2.75) is 31.7 Å². The third-order valence-corrected chi connectivity index (χ3v) is 5.14. The molecule has 0 radical (unpaired) electrons. The number of piperidine rings is 1. The van der Waals surface area contributed by atoms with Gasteiger partial charge in [0, 0.05) is 31.5 Å². The first-order valence-corrected chi connectivity index (χ1v) is 8.30. The molecule has 124 valence electrons. The predicted octanol–water partition coefficient (Wildman–Crippen LogP) is 3.16. The summed E-state index contributed by atoms with van der Waals surface area (Å²) < 4.78 is 10.8. The van der Waals surface area contributed by atoms with E-state index in [0.29, 0.717) is 12.2 Å². The molecule has 1 saturated heterocycles. The van der Waals surface area contributed by atoms with Gasteiger partial charge in [-0.3, -0.25) is 9.69 Å². The number of carbonyl (C=O) groups excluding carboxylic acids is 1. The van der Waals surface area contributed by atoms with E-state index in [-0.39, 0.29) is 12.0 Å². The molecule has 2 atom stereocenters. The third kappa shape index (κ3) is 3.00. The van der Waals surface area contributed by atoms with Gasteiger partial charge in [0.15, 0.2) is 11.5 Å². The molecular weight excluding hydrogens is 290 g/mol. The predicted molar refractivity (Wildman–Crippen MR) is 90.1 cm³/mol. The zero-order chi connectivity index (χ0) is 16.4. The van der Waals surface area contributed by atoms with Crippen molar-refractivity contribution in [2.75, 3.05) is 27.3 Å². The Morgan fingerprint density at radius 2 is 2.04 bits per heavy atom. The number of benzene rings is 1. The lowest BCUT2D eigenvalue weighted by molar-refractivity contribution is -0.129. The van der Waals surface area contributed by atoms with Crippen LogP contribution in [0.15, 0.2) is 24.8 Å². The number of fused-ring (bicyclic) bond motifs is 3. The van der Waals surface area contributed by atoms with Crippen molar-refractivity contribution < 1.29 is 14.3 Å². The summed E-state index contributed by atoms with van der Waals surface area (Å²) in [5.41, 5.74) is 2.51. The summed E-state index contributed by atoms with van der Waals surface area (Å²) in [6, 6.07) is 4.31. The molecule has 0 aliphatic carbocycles.